The fourth-order valence-corrected chi connectivity index (χ4v) is 2.89. The standard InChI is InChI=1S/C20H18ClNO/c21-19-11-4-2-7-17(19)14-22-20(23)13-12-16-9-5-8-15-6-1-3-10-18(15)16/h1-11H,12-14H2,(H,22,23). The van der Waals surface area contributed by atoms with Gasteiger partial charge in [-0.3, -0.25) is 4.79 Å². The first-order chi connectivity index (χ1) is 11.2. The Bertz CT molecular complexity index is 823. The minimum Gasteiger partial charge on any atom is -0.352 e. The number of halogens is 1. The number of rotatable bonds is 5. The number of amides is 1. The molecule has 23 heavy (non-hydrogen) atoms. The van der Waals surface area contributed by atoms with Crippen molar-refractivity contribution < 1.29 is 4.79 Å². The van der Waals surface area contributed by atoms with Crippen molar-refractivity contribution in [3.8, 4) is 0 Å². The zero-order chi connectivity index (χ0) is 16.1. The highest BCUT2D eigenvalue weighted by Gasteiger charge is 2.06. The van der Waals surface area contributed by atoms with Gasteiger partial charge in [-0.25, -0.2) is 0 Å². The van der Waals surface area contributed by atoms with E-state index in [0.29, 0.717) is 18.0 Å². The highest BCUT2D eigenvalue weighted by molar-refractivity contribution is 6.31. The summed E-state index contributed by atoms with van der Waals surface area (Å²) < 4.78 is 0. The molecule has 116 valence electrons. The van der Waals surface area contributed by atoms with Crippen LogP contribution in [0.1, 0.15) is 17.5 Å². The molecule has 0 aliphatic rings. The Hall–Kier alpha value is -2.32. The van der Waals surface area contributed by atoms with Crippen LogP contribution in [0.2, 0.25) is 5.02 Å². The Morgan fingerprint density at radius 3 is 2.43 bits per heavy atom. The molecule has 0 saturated carbocycles. The molecule has 0 aromatic heterocycles. The number of fused-ring (bicyclic) bond motifs is 1. The van der Waals surface area contributed by atoms with Gasteiger partial charge in [0.25, 0.3) is 0 Å². The van der Waals surface area contributed by atoms with Crippen LogP contribution in [0.25, 0.3) is 10.8 Å². The molecule has 3 aromatic carbocycles. The second kappa shape index (κ2) is 7.30. The van der Waals surface area contributed by atoms with Crippen molar-refractivity contribution >= 4 is 28.3 Å². The van der Waals surface area contributed by atoms with Gasteiger partial charge in [0.1, 0.15) is 0 Å². The Morgan fingerprint density at radius 1 is 0.870 bits per heavy atom. The Labute approximate surface area is 141 Å². The van der Waals surface area contributed by atoms with Crippen molar-refractivity contribution in [1.82, 2.24) is 5.32 Å². The number of hydrogen-bond acceptors (Lipinski definition) is 1. The zero-order valence-electron chi connectivity index (χ0n) is 12.8. The van der Waals surface area contributed by atoms with Gasteiger partial charge in [0.2, 0.25) is 5.91 Å². The van der Waals surface area contributed by atoms with E-state index in [4.69, 9.17) is 11.6 Å². The summed E-state index contributed by atoms with van der Waals surface area (Å²) in [5, 5.41) is 6.04. The Balaban J connectivity index is 1.59. The monoisotopic (exact) mass is 323 g/mol. The van der Waals surface area contributed by atoms with Crippen LogP contribution in [-0.2, 0) is 17.8 Å². The van der Waals surface area contributed by atoms with Crippen molar-refractivity contribution in [2.75, 3.05) is 0 Å². The van der Waals surface area contributed by atoms with Gasteiger partial charge in [-0.2, -0.15) is 0 Å². The minimum atomic E-state index is 0.0397. The van der Waals surface area contributed by atoms with Crippen molar-refractivity contribution in [2.45, 2.75) is 19.4 Å². The topological polar surface area (TPSA) is 29.1 Å². The molecule has 0 fully saturated rings. The average molecular weight is 324 g/mol. The van der Waals surface area contributed by atoms with Crippen LogP contribution in [0.3, 0.4) is 0 Å². The van der Waals surface area contributed by atoms with E-state index in [-0.39, 0.29) is 5.91 Å². The summed E-state index contributed by atoms with van der Waals surface area (Å²) in [6.07, 6.45) is 1.20. The molecule has 0 spiro atoms. The summed E-state index contributed by atoms with van der Waals surface area (Å²) in [5.74, 6) is 0.0397. The summed E-state index contributed by atoms with van der Waals surface area (Å²) in [5.41, 5.74) is 2.14. The van der Waals surface area contributed by atoms with Crippen LogP contribution >= 0.6 is 11.6 Å². The van der Waals surface area contributed by atoms with Crippen molar-refractivity contribution in [2.24, 2.45) is 0 Å². The van der Waals surface area contributed by atoms with E-state index in [1.54, 1.807) is 0 Å². The maximum absolute atomic E-state index is 12.1. The fraction of sp³-hybridized carbons (Fsp3) is 0.150. The first-order valence-corrected chi connectivity index (χ1v) is 8.08. The fourth-order valence-electron chi connectivity index (χ4n) is 2.68. The molecular formula is C20H18ClNO. The third-order valence-electron chi connectivity index (χ3n) is 3.94. The van der Waals surface area contributed by atoms with Crippen LogP contribution in [0.4, 0.5) is 0 Å². The summed E-state index contributed by atoms with van der Waals surface area (Å²) in [4.78, 5) is 12.1. The van der Waals surface area contributed by atoms with Gasteiger partial charge in [-0.15, -0.1) is 0 Å². The minimum absolute atomic E-state index is 0.0397. The maximum Gasteiger partial charge on any atom is 0.220 e. The molecule has 0 bridgehead atoms. The lowest BCUT2D eigenvalue weighted by atomic mass is 10.0. The third-order valence-corrected chi connectivity index (χ3v) is 4.30. The molecular weight excluding hydrogens is 306 g/mol. The molecule has 3 rings (SSSR count). The number of aryl methyl sites for hydroxylation is 1. The number of benzene rings is 3. The number of hydrogen-bond donors (Lipinski definition) is 1. The van der Waals surface area contributed by atoms with E-state index >= 15 is 0 Å². The van der Waals surface area contributed by atoms with E-state index < -0.39 is 0 Å². The SMILES string of the molecule is O=C(CCc1cccc2ccccc12)NCc1ccccc1Cl. The molecule has 1 amide bonds. The van der Waals surface area contributed by atoms with Gasteiger partial charge >= 0.3 is 0 Å². The van der Waals surface area contributed by atoms with Gasteiger partial charge < -0.3 is 5.32 Å². The summed E-state index contributed by atoms with van der Waals surface area (Å²) in [7, 11) is 0. The zero-order valence-corrected chi connectivity index (χ0v) is 13.5. The van der Waals surface area contributed by atoms with Crippen LogP contribution in [-0.4, -0.2) is 5.91 Å². The molecule has 0 atom stereocenters. The van der Waals surface area contributed by atoms with Crippen molar-refractivity contribution in [3.63, 3.8) is 0 Å². The van der Waals surface area contributed by atoms with Gasteiger partial charge in [0, 0.05) is 18.0 Å². The largest absolute Gasteiger partial charge is 0.352 e. The summed E-state index contributed by atoms with van der Waals surface area (Å²) >= 11 is 6.09. The molecule has 1 N–H and O–H groups in total. The van der Waals surface area contributed by atoms with E-state index in [1.807, 2.05) is 42.5 Å². The highest BCUT2D eigenvalue weighted by atomic mass is 35.5. The van der Waals surface area contributed by atoms with Crippen LogP contribution in [0.15, 0.2) is 66.7 Å². The number of carbonyl (C=O) groups excluding carboxylic acids is 1. The molecule has 0 saturated heterocycles. The second-order valence-corrected chi connectivity index (χ2v) is 5.91. The Morgan fingerprint density at radius 2 is 1.57 bits per heavy atom. The number of carbonyl (C=O) groups is 1. The van der Waals surface area contributed by atoms with E-state index in [9.17, 15) is 4.79 Å². The maximum atomic E-state index is 12.1. The van der Waals surface area contributed by atoms with Crippen molar-refractivity contribution in [3.05, 3.63) is 82.9 Å². The lowest BCUT2D eigenvalue weighted by Crippen LogP contribution is -2.23. The quantitative estimate of drug-likeness (QED) is 0.721. The van der Waals surface area contributed by atoms with Crippen molar-refractivity contribution in [1.29, 1.82) is 0 Å². The van der Waals surface area contributed by atoms with Crippen LogP contribution in [0, 0.1) is 0 Å². The second-order valence-electron chi connectivity index (χ2n) is 5.51. The van der Waals surface area contributed by atoms with Crippen LogP contribution < -0.4 is 5.32 Å². The molecule has 0 aliphatic carbocycles. The van der Waals surface area contributed by atoms with Gasteiger partial charge in [-0.05, 0) is 34.4 Å². The molecule has 2 nitrogen and oxygen atoms in total. The lowest BCUT2D eigenvalue weighted by molar-refractivity contribution is -0.121. The third kappa shape index (κ3) is 3.91. The predicted octanol–water partition coefficient (Wildman–Crippen LogP) is 4.74. The highest BCUT2D eigenvalue weighted by Crippen LogP contribution is 2.20. The van der Waals surface area contributed by atoms with E-state index in [2.05, 4.69) is 29.6 Å². The molecule has 0 heterocycles. The van der Waals surface area contributed by atoms with Gasteiger partial charge in [-0.1, -0.05) is 72.3 Å². The first kappa shape index (κ1) is 15.6. The molecule has 0 unspecified atom stereocenters. The number of nitrogens with one attached hydrogen (secondary N) is 1. The molecule has 0 aliphatic heterocycles. The molecule has 0 radical (unpaired) electrons. The predicted molar refractivity (Wildman–Crippen MR) is 95.6 cm³/mol. The normalized spacial score (nSPS) is 10.7. The average Bonchev–Trinajstić information content (AvgIpc) is 2.59. The summed E-state index contributed by atoms with van der Waals surface area (Å²) in [6.45, 7) is 0.466. The summed E-state index contributed by atoms with van der Waals surface area (Å²) in [6, 6.07) is 22.0. The Kier molecular flexibility index (Phi) is 4.94. The molecule has 3 aromatic rings. The van der Waals surface area contributed by atoms with E-state index in [0.717, 1.165) is 12.0 Å². The van der Waals surface area contributed by atoms with E-state index in [1.165, 1.54) is 16.3 Å². The first-order valence-electron chi connectivity index (χ1n) is 7.71. The lowest BCUT2D eigenvalue weighted by Gasteiger charge is -2.08. The van der Waals surface area contributed by atoms with Gasteiger partial charge in [0.05, 0.1) is 0 Å². The smallest absolute Gasteiger partial charge is 0.220 e. The van der Waals surface area contributed by atoms with Crippen LogP contribution in [0.5, 0.6) is 0 Å². The van der Waals surface area contributed by atoms with Gasteiger partial charge in [0.15, 0.2) is 0 Å². The molecule has 3 heteroatoms.